The lowest BCUT2D eigenvalue weighted by atomic mass is 9.77. The molecule has 1 aliphatic carbocycles. The van der Waals surface area contributed by atoms with Gasteiger partial charge in [0.2, 0.25) is 5.91 Å². The second-order valence-corrected chi connectivity index (χ2v) is 6.16. The summed E-state index contributed by atoms with van der Waals surface area (Å²) in [6.07, 6.45) is 2.12. The molecular weight excluding hydrogens is 282 g/mol. The van der Waals surface area contributed by atoms with Crippen LogP contribution in [0.2, 0.25) is 0 Å². The number of amides is 1. The van der Waals surface area contributed by atoms with E-state index in [1.807, 2.05) is 6.07 Å². The maximum absolute atomic E-state index is 12.0. The first kappa shape index (κ1) is 14.3. The average molecular weight is 301 g/mol. The highest BCUT2D eigenvalue weighted by atomic mass is 32.1. The SMILES string of the molecule is COCC(=O)N[C@H]1c2ccccc2CC[C@@H]1c1ccsc1. The molecule has 0 radical (unpaired) electrons. The van der Waals surface area contributed by atoms with E-state index in [9.17, 15) is 4.79 Å². The molecule has 0 saturated carbocycles. The monoisotopic (exact) mass is 301 g/mol. The predicted molar refractivity (Wildman–Crippen MR) is 84.6 cm³/mol. The van der Waals surface area contributed by atoms with Crippen molar-refractivity contribution in [2.75, 3.05) is 13.7 Å². The fourth-order valence-corrected chi connectivity index (χ4v) is 3.85. The van der Waals surface area contributed by atoms with Crippen LogP contribution in [0, 0.1) is 0 Å². The number of thiophene rings is 1. The van der Waals surface area contributed by atoms with Gasteiger partial charge >= 0.3 is 0 Å². The van der Waals surface area contributed by atoms with Gasteiger partial charge in [-0.1, -0.05) is 24.3 Å². The van der Waals surface area contributed by atoms with Crippen LogP contribution in [0.1, 0.15) is 35.1 Å². The molecule has 4 heteroatoms. The molecule has 1 aromatic heterocycles. The molecule has 2 aromatic rings. The fraction of sp³-hybridized carbons (Fsp3) is 0.353. The van der Waals surface area contributed by atoms with Crippen LogP contribution >= 0.6 is 11.3 Å². The van der Waals surface area contributed by atoms with Gasteiger partial charge in [-0.25, -0.2) is 0 Å². The summed E-state index contributed by atoms with van der Waals surface area (Å²) in [6, 6.07) is 10.6. The Kier molecular flexibility index (Phi) is 4.36. The molecule has 3 rings (SSSR count). The number of carbonyl (C=O) groups is 1. The Morgan fingerprint density at radius 1 is 1.38 bits per heavy atom. The topological polar surface area (TPSA) is 38.3 Å². The number of carbonyl (C=O) groups excluding carboxylic acids is 1. The van der Waals surface area contributed by atoms with Crippen molar-refractivity contribution in [2.45, 2.75) is 24.8 Å². The second kappa shape index (κ2) is 6.41. The molecule has 0 bridgehead atoms. The lowest BCUT2D eigenvalue weighted by Gasteiger charge is -2.34. The molecule has 1 N–H and O–H groups in total. The molecule has 3 nitrogen and oxygen atoms in total. The van der Waals surface area contributed by atoms with Crippen molar-refractivity contribution >= 4 is 17.2 Å². The molecule has 0 saturated heterocycles. The van der Waals surface area contributed by atoms with E-state index in [1.54, 1.807) is 18.4 Å². The molecule has 1 aromatic carbocycles. The molecule has 0 spiro atoms. The summed E-state index contributed by atoms with van der Waals surface area (Å²) in [5.74, 6) is 0.284. The first-order valence-electron chi connectivity index (χ1n) is 7.18. The molecule has 1 amide bonds. The van der Waals surface area contributed by atoms with Gasteiger partial charge in [0.05, 0.1) is 6.04 Å². The van der Waals surface area contributed by atoms with Gasteiger partial charge in [-0.2, -0.15) is 11.3 Å². The normalized spacial score (nSPS) is 20.8. The minimum atomic E-state index is -0.0561. The van der Waals surface area contributed by atoms with Gasteiger partial charge in [0, 0.05) is 13.0 Å². The highest BCUT2D eigenvalue weighted by Crippen LogP contribution is 2.41. The van der Waals surface area contributed by atoms with Crippen molar-refractivity contribution in [1.82, 2.24) is 5.32 Å². The van der Waals surface area contributed by atoms with Gasteiger partial charge in [-0.3, -0.25) is 4.79 Å². The van der Waals surface area contributed by atoms with Gasteiger partial charge in [-0.05, 0) is 46.4 Å². The zero-order chi connectivity index (χ0) is 14.7. The molecule has 0 aliphatic heterocycles. The summed E-state index contributed by atoms with van der Waals surface area (Å²) in [7, 11) is 1.55. The Labute approximate surface area is 129 Å². The van der Waals surface area contributed by atoms with Crippen LogP contribution in [0.3, 0.4) is 0 Å². The minimum absolute atomic E-state index is 0.0344. The van der Waals surface area contributed by atoms with Crippen molar-refractivity contribution in [2.24, 2.45) is 0 Å². The van der Waals surface area contributed by atoms with Gasteiger partial charge < -0.3 is 10.1 Å². The largest absolute Gasteiger partial charge is 0.375 e. The van der Waals surface area contributed by atoms with Gasteiger partial charge in [0.25, 0.3) is 0 Å². The van der Waals surface area contributed by atoms with Crippen LogP contribution in [0.25, 0.3) is 0 Å². The number of methoxy groups -OCH3 is 1. The van der Waals surface area contributed by atoms with Crippen molar-refractivity contribution in [3.63, 3.8) is 0 Å². The second-order valence-electron chi connectivity index (χ2n) is 5.38. The zero-order valence-corrected chi connectivity index (χ0v) is 12.9. The molecule has 1 heterocycles. The minimum Gasteiger partial charge on any atom is -0.375 e. The lowest BCUT2D eigenvalue weighted by Crippen LogP contribution is -2.37. The number of rotatable bonds is 4. The van der Waals surface area contributed by atoms with E-state index < -0.39 is 0 Å². The van der Waals surface area contributed by atoms with E-state index in [1.165, 1.54) is 16.7 Å². The molecule has 0 unspecified atom stereocenters. The number of benzene rings is 1. The van der Waals surface area contributed by atoms with E-state index in [0.29, 0.717) is 5.92 Å². The van der Waals surface area contributed by atoms with E-state index in [-0.39, 0.29) is 18.6 Å². The number of aryl methyl sites for hydroxylation is 1. The number of fused-ring (bicyclic) bond motifs is 1. The highest BCUT2D eigenvalue weighted by molar-refractivity contribution is 7.08. The molecule has 0 fully saturated rings. The molecule has 1 aliphatic rings. The Balaban J connectivity index is 1.92. The Morgan fingerprint density at radius 2 is 2.24 bits per heavy atom. The summed E-state index contributed by atoms with van der Waals surface area (Å²) in [5, 5.41) is 7.44. The smallest absolute Gasteiger partial charge is 0.246 e. The van der Waals surface area contributed by atoms with Crippen LogP contribution in [0.15, 0.2) is 41.1 Å². The predicted octanol–water partition coefficient (Wildman–Crippen LogP) is 3.28. The molecule has 2 atom stereocenters. The van der Waals surface area contributed by atoms with Crippen LogP contribution in [0.4, 0.5) is 0 Å². The maximum Gasteiger partial charge on any atom is 0.246 e. The van der Waals surface area contributed by atoms with Gasteiger partial charge in [0.15, 0.2) is 0 Å². The summed E-state index contributed by atoms with van der Waals surface area (Å²) >= 11 is 1.71. The maximum atomic E-state index is 12.0. The Bertz CT molecular complexity index is 609. The molecular formula is C17H19NO2S. The van der Waals surface area contributed by atoms with E-state index in [2.05, 4.69) is 40.3 Å². The first-order chi connectivity index (χ1) is 10.3. The number of hydrogen-bond acceptors (Lipinski definition) is 3. The van der Waals surface area contributed by atoms with Crippen LogP contribution < -0.4 is 5.32 Å². The number of hydrogen-bond donors (Lipinski definition) is 1. The third-order valence-corrected chi connectivity index (χ3v) is 4.78. The zero-order valence-electron chi connectivity index (χ0n) is 12.0. The third kappa shape index (κ3) is 3.01. The molecule has 21 heavy (non-hydrogen) atoms. The summed E-state index contributed by atoms with van der Waals surface area (Å²) in [6.45, 7) is 0.106. The van der Waals surface area contributed by atoms with Crippen molar-refractivity contribution in [3.8, 4) is 0 Å². The summed E-state index contributed by atoms with van der Waals surface area (Å²) < 4.78 is 4.95. The Morgan fingerprint density at radius 3 is 3.00 bits per heavy atom. The third-order valence-electron chi connectivity index (χ3n) is 4.08. The number of ether oxygens (including phenoxy) is 1. The van der Waals surface area contributed by atoms with E-state index in [4.69, 9.17) is 4.74 Å². The van der Waals surface area contributed by atoms with Crippen molar-refractivity contribution in [3.05, 3.63) is 57.8 Å². The van der Waals surface area contributed by atoms with Gasteiger partial charge in [0.1, 0.15) is 6.61 Å². The number of nitrogens with one attached hydrogen (secondary N) is 1. The molecule has 110 valence electrons. The summed E-state index contributed by atoms with van der Waals surface area (Å²) in [5.41, 5.74) is 3.90. The first-order valence-corrected chi connectivity index (χ1v) is 8.12. The van der Waals surface area contributed by atoms with E-state index >= 15 is 0 Å². The Hall–Kier alpha value is -1.65. The summed E-state index contributed by atoms with van der Waals surface area (Å²) in [4.78, 5) is 12.0. The fourth-order valence-electron chi connectivity index (χ4n) is 3.13. The quantitative estimate of drug-likeness (QED) is 0.941. The van der Waals surface area contributed by atoms with Crippen LogP contribution in [-0.2, 0) is 16.0 Å². The van der Waals surface area contributed by atoms with Crippen molar-refractivity contribution < 1.29 is 9.53 Å². The van der Waals surface area contributed by atoms with Crippen LogP contribution in [-0.4, -0.2) is 19.6 Å². The van der Waals surface area contributed by atoms with Crippen LogP contribution in [0.5, 0.6) is 0 Å². The van der Waals surface area contributed by atoms with E-state index in [0.717, 1.165) is 12.8 Å². The van der Waals surface area contributed by atoms with Gasteiger partial charge in [-0.15, -0.1) is 0 Å². The van der Waals surface area contributed by atoms with Crippen molar-refractivity contribution in [1.29, 1.82) is 0 Å². The lowest BCUT2D eigenvalue weighted by molar-refractivity contribution is -0.125. The highest BCUT2D eigenvalue weighted by Gasteiger charge is 2.31. The average Bonchev–Trinajstić information content (AvgIpc) is 3.02. The standard InChI is InChI=1S/C17H19NO2S/c1-20-10-16(19)18-17-14-5-3-2-4-12(14)6-7-15(17)13-8-9-21-11-13/h2-5,8-9,11,15,17H,6-7,10H2,1H3,(H,18,19)/t15-,17+/m1/s1.